The first kappa shape index (κ1) is 16.7. The minimum Gasteiger partial charge on any atom is -0.459 e. The maximum absolute atomic E-state index is 12.4. The van der Waals surface area contributed by atoms with Crippen LogP contribution in [0.2, 0.25) is 0 Å². The minimum atomic E-state index is -0.106. The summed E-state index contributed by atoms with van der Waals surface area (Å²) >= 11 is 3.41. The Bertz CT molecular complexity index is 824. The summed E-state index contributed by atoms with van der Waals surface area (Å²) in [5.74, 6) is 0.735. The second-order valence-corrected chi connectivity index (χ2v) is 6.71. The van der Waals surface area contributed by atoms with E-state index in [0.29, 0.717) is 12.1 Å². The molecule has 0 fully saturated rings. The van der Waals surface area contributed by atoms with Gasteiger partial charge in [0.25, 0.3) is 5.91 Å². The number of amides is 1. The number of carbonyl (C=O) groups is 1. The molecule has 0 aliphatic rings. The van der Waals surface area contributed by atoms with Crippen LogP contribution in [0.1, 0.15) is 22.2 Å². The lowest BCUT2D eigenvalue weighted by molar-refractivity contribution is 0.0938. The van der Waals surface area contributed by atoms with E-state index in [4.69, 9.17) is 4.42 Å². The molecular weight excluding hydrogens is 368 g/mol. The second kappa shape index (κ2) is 7.20. The topological polar surface area (TPSA) is 45.5 Å². The SMILES string of the molecule is CN(C)C(CNC(=O)c1ccccc1Br)c1cc2ccccc2o1. The Labute approximate surface area is 149 Å². The van der Waals surface area contributed by atoms with Crippen LogP contribution in [0.4, 0.5) is 0 Å². The Hall–Kier alpha value is -2.11. The summed E-state index contributed by atoms with van der Waals surface area (Å²) in [6.45, 7) is 0.465. The zero-order valence-corrected chi connectivity index (χ0v) is 15.2. The number of benzene rings is 2. The van der Waals surface area contributed by atoms with Crippen molar-refractivity contribution in [2.75, 3.05) is 20.6 Å². The molecule has 2 aromatic carbocycles. The fraction of sp³-hybridized carbons (Fsp3) is 0.211. The summed E-state index contributed by atoms with van der Waals surface area (Å²) in [5, 5.41) is 4.06. The van der Waals surface area contributed by atoms with Crippen LogP contribution in [-0.2, 0) is 0 Å². The summed E-state index contributed by atoms with van der Waals surface area (Å²) in [7, 11) is 3.95. The molecule has 1 unspecified atom stereocenters. The second-order valence-electron chi connectivity index (χ2n) is 5.86. The molecule has 0 aliphatic heterocycles. The number of furan rings is 1. The molecule has 24 heavy (non-hydrogen) atoms. The zero-order chi connectivity index (χ0) is 17.1. The van der Waals surface area contributed by atoms with E-state index < -0.39 is 0 Å². The Morgan fingerprint density at radius 3 is 2.58 bits per heavy atom. The molecule has 0 saturated carbocycles. The molecule has 3 aromatic rings. The molecule has 0 saturated heterocycles. The van der Waals surface area contributed by atoms with Gasteiger partial charge in [0, 0.05) is 16.4 Å². The van der Waals surface area contributed by atoms with E-state index in [2.05, 4.69) is 21.2 Å². The lowest BCUT2D eigenvalue weighted by atomic mass is 10.1. The first-order valence-electron chi connectivity index (χ1n) is 7.74. The molecule has 0 radical (unpaired) electrons. The van der Waals surface area contributed by atoms with Crippen LogP contribution in [0.15, 0.2) is 63.5 Å². The Balaban J connectivity index is 1.77. The number of nitrogens with one attached hydrogen (secondary N) is 1. The number of fused-ring (bicyclic) bond motifs is 1. The van der Waals surface area contributed by atoms with Gasteiger partial charge in [-0.15, -0.1) is 0 Å². The van der Waals surface area contributed by atoms with E-state index in [1.807, 2.05) is 67.5 Å². The average molecular weight is 387 g/mol. The molecule has 124 valence electrons. The van der Waals surface area contributed by atoms with Crippen molar-refractivity contribution < 1.29 is 9.21 Å². The van der Waals surface area contributed by atoms with Crippen LogP contribution in [0, 0.1) is 0 Å². The van der Waals surface area contributed by atoms with E-state index in [-0.39, 0.29) is 11.9 Å². The normalized spacial score (nSPS) is 12.5. The van der Waals surface area contributed by atoms with Crippen LogP contribution in [0.25, 0.3) is 11.0 Å². The van der Waals surface area contributed by atoms with Crippen LogP contribution >= 0.6 is 15.9 Å². The molecule has 0 aliphatic carbocycles. The molecule has 0 bridgehead atoms. The highest BCUT2D eigenvalue weighted by Crippen LogP contribution is 2.26. The van der Waals surface area contributed by atoms with Crippen molar-refractivity contribution >= 4 is 32.8 Å². The van der Waals surface area contributed by atoms with Crippen molar-refractivity contribution in [1.82, 2.24) is 10.2 Å². The van der Waals surface area contributed by atoms with Gasteiger partial charge in [-0.25, -0.2) is 0 Å². The highest BCUT2D eigenvalue weighted by Gasteiger charge is 2.20. The number of para-hydroxylation sites is 1. The number of hydrogen-bond acceptors (Lipinski definition) is 3. The lowest BCUT2D eigenvalue weighted by Crippen LogP contribution is -2.34. The van der Waals surface area contributed by atoms with Gasteiger partial charge in [0.05, 0.1) is 11.6 Å². The molecule has 1 amide bonds. The predicted molar refractivity (Wildman–Crippen MR) is 99.1 cm³/mol. The lowest BCUT2D eigenvalue weighted by Gasteiger charge is -2.22. The minimum absolute atomic E-state index is 0.0381. The van der Waals surface area contributed by atoms with Gasteiger partial charge in [0.1, 0.15) is 11.3 Å². The first-order chi connectivity index (χ1) is 11.6. The van der Waals surface area contributed by atoms with Crippen molar-refractivity contribution in [1.29, 1.82) is 0 Å². The molecule has 5 heteroatoms. The van der Waals surface area contributed by atoms with Crippen molar-refractivity contribution in [3.63, 3.8) is 0 Å². The monoisotopic (exact) mass is 386 g/mol. The molecule has 1 N–H and O–H groups in total. The molecule has 1 heterocycles. The van der Waals surface area contributed by atoms with E-state index in [1.165, 1.54) is 0 Å². The smallest absolute Gasteiger partial charge is 0.252 e. The molecular formula is C19H19BrN2O2. The molecule has 3 rings (SSSR count). The van der Waals surface area contributed by atoms with Gasteiger partial charge in [-0.05, 0) is 54.3 Å². The molecule has 1 atom stereocenters. The number of carbonyl (C=O) groups excluding carboxylic acids is 1. The standard InChI is InChI=1S/C19H19BrN2O2/c1-22(2)16(18-11-13-7-3-6-10-17(13)24-18)12-21-19(23)14-8-4-5-9-15(14)20/h3-11,16H,12H2,1-2H3,(H,21,23). The summed E-state index contributed by atoms with van der Waals surface area (Å²) < 4.78 is 6.74. The van der Waals surface area contributed by atoms with E-state index in [9.17, 15) is 4.79 Å². The quantitative estimate of drug-likeness (QED) is 0.713. The maximum Gasteiger partial charge on any atom is 0.252 e. The van der Waals surface area contributed by atoms with Gasteiger partial charge in [-0.2, -0.15) is 0 Å². The van der Waals surface area contributed by atoms with Crippen molar-refractivity contribution in [3.8, 4) is 0 Å². The molecule has 0 spiro atoms. The fourth-order valence-corrected chi connectivity index (χ4v) is 3.10. The van der Waals surface area contributed by atoms with Gasteiger partial charge < -0.3 is 9.73 Å². The maximum atomic E-state index is 12.4. The fourth-order valence-electron chi connectivity index (χ4n) is 2.63. The number of hydrogen-bond donors (Lipinski definition) is 1. The average Bonchev–Trinajstić information content (AvgIpc) is 2.98. The summed E-state index contributed by atoms with van der Waals surface area (Å²) in [6, 6.07) is 17.3. The largest absolute Gasteiger partial charge is 0.459 e. The van der Waals surface area contributed by atoms with E-state index in [0.717, 1.165) is 21.2 Å². The van der Waals surface area contributed by atoms with Crippen LogP contribution in [-0.4, -0.2) is 31.4 Å². The van der Waals surface area contributed by atoms with Gasteiger partial charge in [0.2, 0.25) is 0 Å². The van der Waals surface area contributed by atoms with Crippen LogP contribution in [0.5, 0.6) is 0 Å². The van der Waals surface area contributed by atoms with Crippen LogP contribution < -0.4 is 5.32 Å². The summed E-state index contributed by atoms with van der Waals surface area (Å²) in [6.07, 6.45) is 0. The molecule has 4 nitrogen and oxygen atoms in total. The third kappa shape index (κ3) is 3.52. The highest BCUT2D eigenvalue weighted by molar-refractivity contribution is 9.10. The van der Waals surface area contributed by atoms with E-state index in [1.54, 1.807) is 6.07 Å². The van der Waals surface area contributed by atoms with Crippen LogP contribution in [0.3, 0.4) is 0 Å². The number of nitrogens with zero attached hydrogens (tertiary/aromatic N) is 1. The van der Waals surface area contributed by atoms with Gasteiger partial charge in [-0.1, -0.05) is 30.3 Å². The van der Waals surface area contributed by atoms with Gasteiger partial charge in [0.15, 0.2) is 0 Å². The zero-order valence-electron chi connectivity index (χ0n) is 13.6. The summed E-state index contributed by atoms with van der Waals surface area (Å²) in [4.78, 5) is 14.4. The molecule has 1 aromatic heterocycles. The number of rotatable bonds is 5. The Kier molecular flexibility index (Phi) is 5.02. The van der Waals surface area contributed by atoms with Gasteiger partial charge >= 0.3 is 0 Å². The predicted octanol–water partition coefficient (Wildman–Crippen LogP) is 4.23. The van der Waals surface area contributed by atoms with Gasteiger partial charge in [-0.3, -0.25) is 9.69 Å². The van der Waals surface area contributed by atoms with Crippen molar-refractivity contribution in [2.24, 2.45) is 0 Å². The van der Waals surface area contributed by atoms with Crippen molar-refractivity contribution in [3.05, 3.63) is 70.4 Å². The Morgan fingerprint density at radius 2 is 1.88 bits per heavy atom. The number of likely N-dealkylation sites (N-methyl/N-ethyl adjacent to an activating group) is 1. The van der Waals surface area contributed by atoms with E-state index >= 15 is 0 Å². The third-order valence-electron chi connectivity index (χ3n) is 3.97. The third-order valence-corrected chi connectivity index (χ3v) is 4.66. The highest BCUT2D eigenvalue weighted by atomic mass is 79.9. The number of halogens is 1. The summed E-state index contributed by atoms with van der Waals surface area (Å²) in [5.41, 5.74) is 1.48. The van der Waals surface area contributed by atoms with Crippen molar-refractivity contribution in [2.45, 2.75) is 6.04 Å². The first-order valence-corrected chi connectivity index (χ1v) is 8.53. The Morgan fingerprint density at radius 1 is 1.17 bits per heavy atom.